The quantitative estimate of drug-likeness (QED) is 0.792. The molecule has 2 aromatic rings. The van der Waals surface area contributed by atoms with Gasteiger partial charge in [-0.25, -0.2) is 27.0 Å². The highest BCUT2D eigenvalue weighted by Gasteiger charge is 2.20. The summed E-state index contributed by atoms with van der Waals surface area (Å²) in [4.78, 5) is 3.69. The highest BCUT2D eigenvalue weighted by Crippen LogP contribution is 2.28. The van der Waals surface area contributed by atoms with Gasteiger partial charge in [-0.05, 0) is 35.6 Å². The molecule has 7 nitrogen and oxygen atoms in total. The number of anilines is 1. The second kappa shape index (κ2) is 6.74. The third-order valence-corrected chi connectivity index (χ3v) is 6.31. The van der Waals surface area contributed by atoms with E-state index >= 15 is 0 Å². The monoisotopic (exact) mass is 383 g/mol. The number of nitrogens with two attached hydrogens (primary N) is 1. The zero-order valence-corrected chi connectivity index (χ0v) is 15.9. The Morgan fingerprint density at radius 3 is 2.20 bits per heavy atom. The summed E-state index contributed by atoms with van der Waals surface area (Å²) in [6, 6.07) is 9.02. The van der Waals surface area contributed by atoms with E-state index < -0.39 is 25.1 Å². The number of pyridine rings is 1. The van der Waals surface area contributed by atoms with E-state index in [9.17, 15) is 16.8 Å². The summed E-state index contributed by atoms with van der Waals surface area (Å²) in [5.41, 5.74) is 1.05. The molecule has 0 aliphatic rings. The number of benzene rings is 1. The largest absolute Gasteiger partial charge is 0.279 e. The maximum atomic E-state index is 12.5. The SMILES string of the molecule is CCC(C)(C)c1ccc(S(=O)(=O)Nc2ccnc(S(N)(=O)=O)c2)cc1. The molecular weight excluding hydrogens is 362 g/mol. The Balaban J connectivity index is 2.31. The molecular formula is C16H21N3O4S2. The van der Waals surface area contributed by atoms with Crippen LogP contribution in [0, 0.1) is 0 Å². The first kappa shape index (κ1) is 19.4. The van der Waals surface area contributed by atoms with Crippen molar-refractivity contribution in [3.63, 3.8) is 0 Å². The maximum absolute atomic E-state index is 12.5. The predicted molar refractivity (Wildman–Crippen MR) is 96.2 cm³/mol. The van der Waals surface area contributed by atoms with Crippen LogP contribution in [-0.4, -0.2) is 21.8 Å². The standard InChI is InChI=1S/C16H21N3O4S2/c1-4-16(2,3)12-5-7-14(8-6-12)25(22,23)19-13-9-10-18-15(11-13)24(17,20)21/h5-11H,4H2,1-3H3,(H,18,19)(H2,17,20,21). The van der Waals surface area contributed by atoms with E-state index in [-0.39, 0.29) is 16.0 Å². The van der Waals surface area contributed by atoms with Gasteiger partial charge in [-0.1, -0.05) is 32.9 Å². The summed E-state index contributed by atoms with van der Waals surface area (Å²) in [7, 11) is -7.87. The van der Waals surface area contributed by atoms with Gasteiger partial charge in [-0.3, -0.25) is 4.72 Å². The van der Waals surface area contributed by atoms with Crippen LogP contribution in [0.25, 0.3) is 0 Å². The summed E-state index contributed by atoms with van der Waals surface area (Å²) in [6.45, 7) is 6.24. The Bertz CT molecular complexity index is 967. The van der Waals surface area contributed by atoms with Crippen LogP contribution in [0.1, 0.15) is 32.8 Å². The normalized spacial score (nSPS) is 12.8. The zero-order chi connectivity index (χ0) is 18.9. The molecule has 0 aliphatic heterocycles. The van der Waals surface area contributed by atoms with Crippen LogP contribution in [0.4, 0.5) is 5.69 Å². The van der Waals surface area contributed by atoms with Gasteiger partial charge in [0.1, 0.15) is 0 Å². The van der Waals surface area contributed by atoms with Crippen LogP contribution in [0.15, 0.2) is 52.5 Å². The minimum atomic E-state index is -4.02. The number of primary sulfonamides is 1. The second-order valence-corrected chi connectivity index (χ2v) is 9.49. The van der Waals surface area contributed by atoms with Crippen LogP contribution < -0.4 is 9.86 Å². The van der Waals surface area contributed by atoms with Crippen molar-refractivity contribution < 1.29 is 16.8 Å². The lowest BCUT2D eigenvalue weighted by Crippen LogP contribution is -2.17. The first-order valence-electron chi connectivity index (χ1n) is 7.58. The zero-order valence-electron chi connectivity index (χ0n) is 14.2. The van der Waals surface area contributed by atoms with E-state index in [2.05, 4.69) is 30.5 Å². The van der Waals surface area contributed by atoms with Crippen molar-refractivity contribution in [2.45, 2.75) is 42.5 Å². The van der Waals surface area contributed by atoms with Gasteiger partial charge < -0.3 is 0 Å². The van der Waals surface area contributed by atoms with Crippen molar-refractivity contribution in [3.8, 4) is 0 Å². The average Bonchev–Trinajstić information content (AvgIpc) is 2.54. The molecule has 136 valence electrons. The van der Waals surface area contributed by atoms with Gasteiger partial charge in [-0.15, -0.1) is 0 Å². The summed E-state index contributed by atoms with van der Waals surface area (Å²) in [5, 5.41) is 4.59. The van der Waals surface area contributed by atoms with Gasteiger partial charge in [0.25, 0.3) is 20.0 Å². The van der Waals surface area contributed by atoms with Gasteiger partial charge in [0, 0.05) is 12.3 Å². The molecule has 0 bridgehead atoms. The molecule has 0 fully saturated rings. The Hall–Kier alpha value is -1.97. The van der Waals surface area contributed by atoms with E-state index in [1.165, 1.54) is 24.4 Å². The molecule has 0 saturated carbocycles. The lowest BCUT2D eigenvalue weighted by molar-refractivity contribution is 0.506. The number of aromatic nitrogens is 1. The molecule has 0 radical (unpaired) electrons. The van der Waals surface area contributed by atoms with E-state index in [4.69, 9.17) is 5.14 Å². The molecule has 0 unspecified atom stereocenters. The minimum Gasteiger partial charge on any atom is -0.279 e. The van der Waals surface area contributed by atoms with Crippen molar-refractivity contribution >= 4 is 25.7 Å². The van der Waals surface area contributed by atoms with Crippen LogP contribution in [0.5, 0.6) is 0 Å². The number of nitrogens with one attached hydrogen (secondary N) is 1. The van der Waals surface area contributed by atoms with E-state index in [0.29, 0.717) is 0 Å². The Labute approximate surface area is 148 Å². The molecule has 0 spiro atoms. The molecule has 0 aliphatic carbocycles. The maximum Gasteiger partial charge on any atom is 0.261 e. The summed E-state index contributed by atoms with van der Waals surface area (Å²) < 4.78 is 49.9. The lowest BCUT2D eigenvalue weighted by atomic mass is 9.82. The van der Waals surface area contributed by atoms with Crippen LogP contribution in [0.3, 0.4) is 0 Å². The molecule has 25 heavy (non-hydrogen) atoms. The van der Waals surface area contributed by atoms with Crippen molar-refractivity contribution in [3.05, 3.63) is 48.2 Å². The molecule has 1 aromatic carbocycles. The summed E-state index contributed by atoms with van der Waals surface area (Å²) in [5.74, 6) is 0. The van der Waals surface area contributed by atoms with Crippen molar-refractivity contribution in [2.75, 3.05) is 4.72 Å². The first-order chi connectivity index (χ1) is 11.5. The van der Waals surface area contributed by atoms with Gasteiger partial charge >= 0.3 is 0 Å². The van der Waals surface area contributed by atoms with Crippen LogP contribution in [0.2, 0.25) is 0 Å². The van der Waals surface area contributed by atoms with Crippen molar-refractivity contribution in [1.29, 1.82) is 0 Å². The fourth-order valence-electron chi connectivity index (χ4n) is 2.13. The Morgan fingerprint density at radius 1 is 1.08 bits per heavy atom. The average molecular weight is 383 g/mol. The molecule has 0 atom stereocenters. The number of nitrogens with zero attached hydrogens (tertiary/aromatic N) is 1. The van der Waals surface area contributed by atoms with E-state index in [0.717, 1.165) is 18.1 Å². The van der Waals surface area contributed by atoms with Gasteiger partial charge in [0.05, 0.1) is 10.6 Å². The molecule has 1 heterocycles. The topological polar surface area (TPSA) is 119 Å². The number of hydrogen-bond donors (Lipinski definition) is 2. The number of sulfonamides is 2. The fraction of sp³-hybridized carbons (Fsp3) is 0.312. The van der Waals surface area contributed by atoms with Crippen LogP contribution in [-0.2, 0) is 25.5 Å². The third kappa shape index (κ3) is 4.56. The highest BCUT2D eigenvalue weighted by molar-refractivity contribution is 7.92. The molecule has 1 aromatic heterocycles. The minimum absolute atomic E-state index is 0.0504. The van der Waals surface area contributed by atoms with Crippen LogP contribution >= 0.6 is 0 Å². The molecule has 3 N–H and O–H groups in total. The molecule has 0 saturated heterocycles. The Kier molecular flexibility index (Phi) is 5.22. The van der Waals surface area contributed by atoms with Gasteiger partial charge in [-0.2, -0.15) is 0 Å². The molecule has 2 rings (SSSR count). The number of hydrogen-bond acceptors (Lipinski definition) is 5. The smallest absolute Gasteiger partial charge is 0.261 e. The predicted octanol–water partition coefficient (Wildman–Crippen LogP) is 2.22. The van der Waals surface area contributed by atoms with Crippen molar-refractivity contribution in [2.24, 2.45) is 5.14 Å². The van der Waals surface area contributed by atoms with E-state index in [1.807, 2.05) is 0 Å². The van der Waals surface area contributed by atoms with Crippen molar-refractivity contribution in [1.82, 2.24) is 4.98 Å². The lowest BCUT2D eigenvalue weighted by Gasteiger charge is -2.23. The number of rotatable bonds is 6. The highest BCUT2D eigenvalue weighted by atomic mass is 32.2. The third-order valence-electron chi connectivity index (χ3n) is 4.11. The fourth-order valence-corrected chi connectivity index (χ4v) is 3.68. The van der Waals surface area contributed by atoms with E-state index in [1.54, 1.807) is 12.1 Å². The summed E-state index contributed by atoms with van der Waals surface area (Å²) in [6.07, 6.45) is 2.09. The Morgan fingerprint density at radius 2 is 1.68 bits per heavy atom. The second-order valence-electron chi connectivity index (χ2n) is 6.30. The molecule has 9 heteroatoms. The summed E-state index contributed by atoms with van der Waals surface area (Å²) >= 11 is 0. The molecule has 0 amide bonds. The van der Waals surface area contributed by atoms with Gasteiger partial charge in [0.15, 0.2) is 5.03 Å². The van der Waals surface area contributed by atoms with Gasteiger partial charge in [0.2, 0.25) is 0 Å². The first-order valence-corrected chi connectivity index (χ1v) is 10.6.